The van der Waals surface area contributed by atoms with Crippen LogP contribution in [0.5, 0.6) is 0 Å². The van der Waals surface area contributed by atoms with E-state index in [0.717, 1.165) is 53.8 Å². The van der Waals surface area contributed by atoms with Crippen molar-refractivity contribution in [3.05, 3.63) is 0 Å². The van der Waals surface area contributed by atoms with Gasteiger partial charge >= 0.3 is 5.97 Å². The van der Waals surface area contributed by atoms with Crippen molar-refractivity contribution in [2.24, 2.45) is 53.3 Å². The van der Waals surface area contributed by atoms with Gasteiger partial charge in [-0.3, -0.25) is 4.79 Å². The molecule has 9 unspecified atom stereocenters. The summed E-state index contributed by atoms with van der Waals surface area (Å²) < 4.78 is 4.78. The zero-order valence-corrected chi connectivity index (χ0v) is 18.7. The smallest absolute Gasteiger partial charge is 0.305 e. The molecule has 4 fully saturated rings. The molecule has 0 heterocycles. The van der Waals surface area contributed by atoms with Crippen molar-refractivity contribution in [1.29, 1.82) is 0 Å². The highest BCUT2D eigenvalue weighted by atomic mass is 16.5. The molecule has 2 heteroatoms. The second-order valence-electron chi connectivity index (χ2n) is 11.2. The summed E-state index contributed by atoms with van der Waals surface area (Å²) in [7, 11) is 1.50. The largest absolute Gasteiger partial charge is 0.469 e. The van der Waals surface area contributed by atoms with Gasteiger partial charge in [0.25, 0.3) is 0 Å². The van der Waals surface area contributed by atoms with Crippen LogP contribution >= 0.6 is 0 Å². The Kier molecular flexibility index (Phi) is 6.73. The maximum Gasteiger partial charge on any atom is 0.305 e. The van der Waals surface area contributed by atoms with Gasteiger partial charge in [-0.2, -0.15) is 0 Å². The van der Waals surface area contributed by atoms with Crippen molar-refractivity contribution < 1.29 is 9.53 Å². The number of hydrogen-bond donors (Lipinski definition) is 0. The first-order valence-corrected chi connectivity index (χ1v) is 12.7. The van der Waals surface area contributed by atoms with Crippen molar-refractivity contribution in [2.75, 3.05) is 7.11 Å². The summed E-state index contributed by atoms with van der Waals surface area (Å²) in [5, 5.41) is 0. The van der Waals surface area contributed by atoms with E-state index < -0.39 is 0 Å². The van der Waals surface area contributed by atoms with Gasteiger partial charge in [0.05, 0.1) is 7.11 Å². The first kappa shape index (κ1) is 20.7. The van der Waals surface area contributed by atoms with E-state index in [1.165, 1.54) is 52.1 Å². The molecule has 28 heavy (non-hydrogen) atoms. The number of hydrogen-bond acceptors (Lipinski definition) is 2. The third kappa shape index (κ3) is 5.76. The molecule has 0 aromatic carbocycles. The highest BCUT2D eigenvalue weighted by molar-refractivity contribution is 5.69. The second kappa shape index (κ2) is 9.09. The minimum absolute atomic E-state index is 0.0382. The summed E-state index contributed by atoms with van der Waals surface area (Å²) in [6, 6.07) is 0. The Labute approximate surface area is 173 Å². The number of ether oxygens (including phenoxy) is 1. The van der Waals surface area contributed by atoms with Crippen molar-refractivity contribution in [3.8, 4) is 0 Å². The number of carbonyl (C=O) groups is 1. The summed E-state index contributed by atoms with van der Waals surface area (Å²) in [5.41, 5.74) is 0. The third-order valence-electron chi connectivity index (χ3n) is 8.94. The van der Waals surface area contributed by atoms with Crippen LogP contribution in [0.1, 0.15) is 97.3 Å². The molecule has 0 saturated heterocycles. The second-order valence-corrected chi connectivity index (χ2v) is 11.2. The normalized spacial score (nSPS) is 41.4. The number of rotatable bonds is 14. The summed E-state index contributed by atoms with van der Waals surface area (Å²) in [4.78, 5) is 11.3. The van der Waals surface area contributed by atoms with Gasteiger partial charge in [0.1, 0.15) is 0 Å². The van der Waals surface area contributed by atoms with Gasteiger partial charge in [-0.15, -0.1) is 0 Å². The van der Waals surface area contributed by atoms with E-state index in [9.17, 15) is 4.79 Å². The molecule has 0 spiro atoms. The maximum atomic E-state index is 11.3. The van der Waals surface area contributed by atoms with E-state index >= 15 is 0 Å². The molecule has 0 aromatic heterocycles. The van der Waals surface area contributed by atoms with Gasteiger partial charge in [-0.05, 0) is 105 Å². The van der Waals surface area contributed by atoms with Gasteiger partial charge in [-0.25, -0.2) is 0 Å². The van der Waals surface area contributed by atoms with Crippen LogP contribution in [0.4, 0.5) is 0 Å². The maximum absolute atomic E-state index is 11.3. The topological polar surface area (TPSA) is 26.3 Å². The summed E-state index contributed by atoms with van der Waals surface area (Å²) in [6.45, 7) is 4.67. The van der Waals surface area contributed by atoms with Crippen LogP contribution in [0.15, 0.2) is 0 Å². The van der Waals surface area contributed by atoms with Crippen LogP contribution in [0.3, 0.4) is 0 Å². The molecule has 0 aliphatic heterocycles. The summed E-state index contributed by atoms with van der Waals surface area (Å²) >= 11 is 0. The molecular weight excluding hydrogens is 344 g/mol. The lowest BCUT2D eigenvalue weighted by atomic mass is 9.97. The van der Waals surface area contributed by atoms with Gasteiger partial charge in [-0.1, -0.05) is 39.5 Å². The lowest BCUT2D eigenvalue weighted by Crippen LogP contribution is -2.06. The molecule has 9 atom stereocenters. The molecule has 4 saturated carbocycles. The molecule has 0 amide bonds. The zero-order valence-electron chi connectivity index (χ0n) is 18.7. The first-order valence-electron chi connectivity index (χ1n) is 12.7. The molecule has 0 bridgehead atoms. The minimum atomic E-state index is -0.0382. The predicted octanol–water partition coefficient (Wildman–Crippen LogP) is 6.87. The Morgan fingerprint density at radius 1 is 0.857 bits per heavy atom. The van der Waals surface area contributed by atoms with E-state index in [2.05, 4.69) is 13.8 Å². The number of esters is 1. The first-order chi connectivity index (χ1) is 13.6. The Balaban J connectivity index is 1.03. The molecule has 4 aliphatic carbocycles. The zero-order chi connectivity index (χ0) is 19.7. The van der Waals surface area contributed by atoms with Crippen molar-refractivity contribution in [1.82, 2.24) is 0 Å². The lowest BCUT2D eigenvalue weighted by molar-refractivity contribution is -0.140. The SMILES string of the molecule is CCCCCC1CC1CC1CC1CC1CC1CC1CC1C(C)CCC(=O)OC. The van der Waals surface area contributed by atoms with Crippen LogP contribution < -0.4 is 0 Å². The average Bonchev–Trinajstić information content (AvgIpc) is 3.50. The third-order valence-corrected chi connectivity index (χ3v) is 8.94. The summed E-state index contributed by atoms with van der Waals surface area (Å²) in [6.07, 6.45) is 18.2. The molecular formula is C26H44O2. The molecule has 2 nitrogen and oxygen atoms in total. The van der Waals surface area contributed by atoms with Gasteiger partial charge in [0.2, 0.25) is 0 Å². The fourth-order valence-electron chi connectivity index (χ4n) is 6.45. The fraction of sp³-hybridized carbons (Fsp3) is 0.962. The molecule has 0 aromatic rings. The van der Waals surface area contributed by atoms with Crippen LogP contribution in [-0.4, -0.2) is 13.1 Å². The highest BCUT2D eigenvalue weighted by Crippen LogP contribution is 2.60. The van der Waals surface area contributed by atoms with Gasteiger partial charge < -0.3 is 4.74 Å². The van der Waals surface area contributed by atoms with Gasteiger partial charge in [0, 0.05) is 6.42 Å². The minimum Gasteiger partial charge on any atom is -0.469 e. The molecule has 0 radical (unpaired) electrons. The Morgan fingerprint density at radius 3 is 2.04 bits per heavy atom. The van der Waals surface area contributed by atoms with Crippen molar-refractivity contribution in [3.63, 3.8) is 0 Å². The monoisotopic (exact) mass is 388 g/mol. The molecule has 0 N–H and O–H groups in total. The van der Waals surface area contributed by atoms with Gasteiger partial charge in [0.15, 0.2) is 0 Å². The Bertz CT molecular complexity index is 529. The molecule has 4 aliphatic rings. The van der Waals surface area contributed by atoms with Crippen LogP contribution in [-0.2, 0) is 9.53 Å². The standard InChI is InChI=1S/C26H44O2/c1-4-5-6-7-18-10-19(18)11-20-12-21(20)13-22-14-23(22)15-24-16-25(24)17(2)8-9-26(27)28-3/h17-25H,4-16H2,1-3H3. The Morgan fingerprint density at radius 2 is 1.43 bits per heavy atom. The predicted molar refractivity (Wildman–Crippen MR) is 115 cm³/mol. The molecule has 4 rings (SSSR count). The van der Waals surface area contributed by atoms with Crippen molar-refractivity contribution in [2.45, 2.75) is 97.3 Å². The van der Waals surface area contributed by atoms with Crippen LogP contribution in [0.25, 0.3) is 0 Å². The van der Waals surface area contributed by atoms with E-state index in [4.69, 9.17) is 4.74 Å². The van der Waals surface area contributed by atoms with Crippen molar-refractivity contribution >= 4 is 5.97 Å². The van der Waals surface area contributed by atoms with Crippen LogP contribution in [0.2, 0.25) is 0 Å². The van der Waals surface area contributed by atoms with E-state index in [1.54, 1.807) is 25.7 Å². The number of carbonyl (C=O) groups excluding carboxylic acids is 1. The molecule has 160 valence electrons. The van der Waals surface area contributed by atoms with E-state index in [0.29, 0.717) is 12.3 Å². The van der Waals surface area contributed by atoms with E-state index in [-0.39, 0.29) is 5.97 Å². The number of methoxy groups -OCH3 is 1. The highest BCUT2D eigenvalue weighted by Gasteiger charge is 2.51. The van der Waals surface area contributed by atoms with E-state index in [1.807, 2.05) is 0 Å². The average molecular weight is 389 g/mol. The van der Waals surface area contributed by atoms with Crippen LogP contribution in [0, 0.1) is 53.3 Å². The fourth-order valence-corrected chi connectivity index (χ4v) is 6.45. The Hall–Kier alpha value is -0.530. The lowest BCUT2D eigenvalue weighted by Gasteiger charge is -2.10. The number of unbranched alkanes of at least 4 members (excludes halogenated alkanes) is 2. The quantitative estimate of drug-likeness (QED) is 0.240. The summed E-state index contributed by atoms with van der Waals surface area (Å²) in [5.74, 6) is 9.17.